The molecule has 5 heteroatoms. The van der Waals surface area contributed by atoms with Gasteiger partial charge in [0.25, 0.3) is 0 Å². The third-order valence-electron chi connectivity index (χ3n) is 2.21. The van der Waals surface area contributed by atoms with E-state index in [-0.39, 0.29) is 5.97 Å². The van der Waals surface area contributed by atoms with E-state index in [9.17, 15) is 9.59 Å². The van der Waals surface area contributed by atoms with E-state index < -0.39 is 17.7 Å². The molecule has 1 amide bonds. The van der Waals surface area contributed by atoms with E-state index in [0.717, 1.165) is 0 Å². The van der Waals surface area contributed by atoms with E-state index in [0.29, 0.717) is 19.6 Å². The predicted molar refractivity (Wildman–Crippen MR) is 58.0 cm³/mol. The highest BCUT2D eigenvalue weighted by Crippen LogP contribution is 2.22. The summed E-state index contributed by atoms with van der Waals surface area (Å²) in [5.74, 6) is -0.348. The molecule has 1 atom stereocenters. The molecule has 0 spiro atoms. The first-order valence-corrected chi connectivity index (χ1v) is 5.51. The first kappa shape index (κ1) is 12.8. The minimum absolute atomic E-state index is 0.331. The second-order valence-electron chi connectivity index (χ2n) is 4.73. The molecule has 1 saturated heterocycles. The molecular weight excluding hydrogens is 210 g/mol. The highest BCUT2D eigenvalue weighted by Gasteiger charge is 2.40. The summed E-state index contributed by atoms with van der Waals surface area (Å²) in [6.07, 6.45) is 0.203. The van der Waals surface area contributed by atoms with E-state index in [1.807, 2.05) is 0 Å². The van der Waals surface area contributed by atoms with Gasteiger partial charge in [0.1, 0.15) is 11.6 Å². The molecule has 92 valence electrons. The van der Waals surface area contributed by atoms with Crippen molar-refractivity contribution >= 4 is 12.1 Å². The number of carbonyl (C=O) groups is 2. The van der Waals surface area contributed by atoms with Gasteiger partial charge in [0.05, 0.1) is 6.61 Å². The normalized spacial score (nSPS) is 20.0. The Morgan fingerprint density at radius 2 is 2.00 bits per heavy atom. The summed E-state index contributed by atoms with van der Waals surface area (Å²) >= 11 is 0. The maximum absolute atomic E-state index is 11.7. The third-order valence-corrected chi connectivity index (χ3v) is 2.21. The van der Waals surface area contributed by atoms with Crippen molar-refractivity contribution in [2.75, 3.05) is 13.2 Å². The van der Waals surface area contributed by atoms with Crippen molar-refractivity contribution in [1.82, 2.24) is 4.90 Å². The number of hydrogen-bond acceptors (Lipinski definition) is 4. The van der Waals surface area contributed by atoms with Crippen molar-refractivity contribution in [2.24, 2.45) is 0 Å². The SMILES string of the molecule is CCOC(=O)[C@@H]1CCN1C(=O)OC(C)(C)C. The zero-order valence-corrected chi connectivity index (χ0v) is 10.3. The van der Waals surface area contributed by atoms with Crippen LogP contribution in [0.2, 0.25) is 0 Å². The van der Waals surface area contributed by atoms with Crippen LogP contribution in [0.15, 0.2) is 0 Å². The molecule has 1 fully saturated rings. The Morgan fingerprint density at radius 3 is 2.38 bits per heavy atom. The highest BCUT2D eigenvalue weighted by atomic mass is 16.6. The van der Waals surface area contributed by atoms with E-state index in [2.05, 4.69) is 0 Å². The zero-order chi connectivity index (χ0) is 12.3. The van der Waals surface area contributed by atoms with Gasteiger partial charge in [0.15, 0.2) is 0 Å². The van der Waals surface area contributed by atoms with E-state index in [1.165, 1.54) is 4.90 Å². The van der Waals surface area contributed by atoms with Gasteiger partial charge in [-0.25, -0.2) is 9.59 Å². The summed E-state index contributed by atoms with van der Waals surface area (Å²) in [7, 11) is 0. The van der Waals surface area contributed by atoms with Gasteiger partial charge in [-0.15, -0.1) is 0 Å². The van der Waals surface area contributed by atoms with Crippen LogP contribution in [0, 0.1) is 0 Å². The first-order chi connectivity index (χ1) is 7.35. The van der Waals surface area contributed by atoms with Crippen molar-refractivity contribution in [3.8, 4) is 0 Å². The molecule has 1 aliphatic heterocycles. The molecule has 0 unspecified atom stereocenters. The number of esters is 1. The smallest absolute Gasteiger partial charge is 0.411 e. The summed E-state index contributed by atoms with van der Waals surface area (Å²) in [5, 5.41) is 0. The Hall–Kier alpha value is -1.26. The summed E-state index contributed by atoms with van der Waals surface area (Å²) in [6, 6.07) is -0.463. The quantitative estimate of drug-likeness (QED) is 0.674. The summed E-state index contributed by atoms with van der Waals surface area (Å²) < 4.78 is 10.0. The Kier molecular flexibility index (Phi) is 3.78. The van der Waals surface area contributed by atoms with Gasteiger partial charge in [-0.3, -0.25) is 4.90 Å². The van der Waals surface area contributed by atoms with Crippen LogP contribution >= 0.6 is 0 Å². The van der Waals surface area contributed by atoms with Crippen LogP contribution in [0.3, 0.4) is 0 Å². The lowest BCUT2D eigenvalue weighted by atomic mass is 10.0. The van der Waals surface area contributed by atoms with Crippen LogP contribution in [-0.4, -0.2) is 41.8 Å². The lowest BCUT2D eigenvalue weighted by Gasteiger charge is -2.39. The molecule has 0 radical (unpaired) electrons. The second kappa shape index (κ2) is 4.72. The molecule has 0 aliphatic carbocycles. The van der Waals surface area contributed by atoms with Gasteiger partial charge in [-0.2, -0.15) is 0 Å². The third kappa shape index (κ3) is 3.12. The van der Waals surface area contributed by atoms with E-state index >= 15 is 0 Å². The lowest BCUT2D eigenvalue weighted by Crippen LogP contribution is -2.56. The minimum Gasteiger partial charge on any atom is -0.464 e. The van der Waals surface area contributed by atoms with Crippen molar-refractivity contribution in [2.45, 2.75) is 45.8 Å². The van der Waals surface area contributed by atoms with Crippen molar-refractivity contribution < 1.29 is 19.1 Å². The summed E-state index contributed by atoms with van der Waals surface area (Å²) in [4.78, 5) is 24.5. The van der Waals surface area contributed by atoms with Crippen LogP contribution in [0.25, 0.3) is 0 Å². The average Bonchev–Trinajstić information content (AvgIpc) is 1.97. The van der Waals surface area contributed by atoms with Gasteiger partial charge < -0.3 is 9.47 Å². The van der Waals surface area contributed by atoms with Crippen LogP contribution in [0.1, 0.15) is 34.1 Å². The van der Waals surface area contributed by atoms with E-state index in [1.54, 1.807) is 27.7 Å². The van der Waals surface area contributed by atoms with Gasteiger partial charge >= 0.3 is 12.1 Å². The van der Waals surface area contributed by atoms with Crippen molar-refractivity contribution in [1.29, 1.82) is 0 Å². The molecule has 16 heavy (non-hydrogen) atoms. The predicted octanol–water partition coefficient (Wildman–Crippen LogP) is 1.56. The molecule has 1 rings (SSSR count). The van der Waals surface area contributed by atoms with Crippen molar-refractivity contribution in [3.63, 3.8) is 0 Å². The first-order valence-electron chi connectivity index (χ1n) is 5.51. The molecular formula is C11H19NO4. The van der Waals surface area contributed by atoms with E-state index in [4.69, 9.17) is 9.47 Å². The summed E-state index contributed by atoms with van der Waals surface area (Å²) in [5.41, 5.74) is -0.536. The van der Waals surface area contributed by atoms with Crippen LogP contribution < -0.4 is 0 Å². The maximum atomic E-state index is 11.7. The van der Waals surface area contributed by atoms with Gasteiger partial charge in [-0.05, 0) is 34.1 Å². The summed E-state index contributed by atoms with van der Waals surface area (Å²) in [6.45, 7) is 8.02. The Bertz CT molecular complexity index is 282. The number of likely N-dealkylation sites (tertiary alicyclic amines) is 1. The molecule has 1 aliphatic rings. The minimum atomic E-state index is -0.536. The van der Waals surface area contributed by atoms with Crippen molar-refractivity contribution in [3.05, 3.63) is 0 Å². The molecule has 0 saturated carbocycles. The topological polar surface area (TPSA) is 55.8 Å². The molecule has 0 bridgehead atoms. The number of carbonyl (C=O) groups excluding carboxylic acids is 2. The Balaban J connectivity index is 2.49. The second-order valence-corrected chi connectivity index (χ2v) is 4.73. The number of amides is 1. The number of rotatable bonds is 2. The fourth-order valence-corrected chi connectivity index (χ4v) is 1.41. The fourth-order valence-electron chi connectivity index (χ4n) is 1.41. The maximum Gasteiger partial charge on any atom is 0.411 e. The standard InChI is InChI=1S/C11H19NO4/c1-5-15-9(13)8-6-7-12(8)10(14)16-11(2,3)4/h8H,5-7H2,1-4H3/t8-/m0/s1. The monoisotopic (exact) mass is 229 g/mol. The molecule has 1 heterocycles. The molecule has 0 N–H and O–H groups in total. The Labute approximate surface area is 95.7 Å². The van der Waals surface area contributed by atoms with Gasteiger partial charge in [0, 0.05) is 6.54 Å². The molecule has 0 aromatic rings. The van der Waals surface area contributed by atoms with Crippen LogP contribution in [-0.2, 0) is 14.3 Å². The van der Waals surface area contributed by atoms with Gasteiger partial charge in [0.2, 0.25) is 0 Å². The largest absolute Gasteiger partial charge is 0.464 e. The number of nitrogens with zero attached hydrogens (tertiary/aromatic N) is 1. The highest BCUT2D eigenvalue weighted by molar-refractivity contribution is 5.83. The lowest BCUT2D eigenvalue weighted by molar-refractivity contribution is -0.153. The van der Waals surface area contributed by atoms with Crippen LogP contribution in [0.4, 0.5) is 4.79 Å². The number of hydrogen-bond donors (Lipinski definition) is 0. The molecule has 0 aromatic carbocycles. The van der Waals surface area contributed by atoms with Gasteiger partial charge in [-0.1, -0.05) is 0 Å². The zero-order valence-electron chi connectivity index (χ0n) is 10.3. The average molecular weight is 229 g/mol. The Morgan fingerprint density at radius 1 is 1.38 bits per heavy atom. The molecule has 5 nitrogen and oxygen atoms in total. The fraction of sp³-hybridized carbons (Fsp3) is 0.818. The molecule has 0 aromatic heterocycles. The van der Waals surface area contributed by atoms with Crippen LogP contribution in [0.5, 0.6) is 0 Å². The number of ether oxygens (including phenoxy) is 2.